The third-order valence-electron chi connectivity index (χ3n) is 2.67. The molecule has 0 aromatic rings. The summed E-state index contributed by atoms with van der Waals surface area (Å²) in [5, 5.41) is 0. The van der Waals surface area contributed by atoms with Gasteiger partial charge in [-0.1, -0.05) is 13.5 Å². The van der Waals surface area contributed by atoms with Crippen LogP contribution in [-0.4, -0.2) is 16.3 Å². The third-order valence-corrected chi connectivity index (χ3v) is 4.09. The van der Waals surface area contributed by atoms with Gasteiger partial charge in [0.1, 0.15) is 0 Å². The predicted molar refractivity (Wildman–Crippen MR) is 59.1 cm³/mol. The molecule has 74 valence electrons. The predicted octanol–water partition coefficient (Wildman–Crippen LogP) is 3.05. The lowest BCUT2D eigenvalue weighted by Crippen LogP contribution is -2.26. The zero-order chi connectivity index (χ0) is 9.90. The molecule has 0 bridgehead atoms. The van der Waals surface area contributed by atoms with Crippen LogP contribution in [0.25, 0.3) is 0 Å². The Kier molecular flexibility index (Phi) is 3.60. The molecule has 0 N–H and O–H groups in total. The van der Waals surface area contributed by atoms with Crippen LogP contribution in [0.2, 0.25) is 0 Å². The molecule has 0 aromatic heterocycles. The second-order valence-electron chi connectivity index (χ2n) is 3.87. The van der Waals surface area contributed by atoms with Crippen LogP contribution in [0, 0.1) is 5.92 Å². The third kappa shape index (κ3) is 2.87. The summed E-state index contributed by atoms with van der Waals surface area (Å²) in [6.07, 6.45) is 4.72. The monoisotopic (exact) mass is 198 g/mol. The van der Waals surface area contributed by atoms with Gasteiger partial charge in [-0.3, -0.25) is 4.79 Å². The first-order valence-corrected chi connectivity index (χ1v) is 5.90. The van der Waals surface area contributed by atoms with Crippen molar-refractivity contribution < 1.29 is 4.79 Å². The largest absolute Gasteiger partial charge is 0.295 e. The molecule has 1 fully saturated rings. The van der Waals surface area contributed by atoms with E-state index in [1.165, 1.54) is 18.9 Å². The number of allylic oxidation sites excluding steroid dienone is 1. The Morgan fingerprint density at radius 2 is 2.31 bits per heavy atom. The Bertz CT molecular complexity index is 208. The lowest BCUT2D eigenvalue weighted by atomic mass is 9.98. The number of ketones is 1. The van der Waals surface area contributed by atoms with E-state index in [9.17, 15) is 4.79 Å². The van der Waals surface area contributed by atoms with E-state index < -0.39 is 0 Å². The first-order valence-electron chi connectivity index (χ1n) is 4.91. The summed E-state index contributed by atoms with van der Waals surface area (Å²) in [6, 6.07) is 0. The molecule has 0 spiro atoms. The van der Waals surface area contributed by atoms with Crippen molar-refractivity contribution in [3.63, 3.8) is 0 Å². The van der Waals surface area contributed by atoms with E-state index in [4.69, 9.17) is 0 Å². The zero-order valence-corrected chi connectivity index (χ0v) is 9.32. The Hall–Kier alpha value is -0.240. The molecule has 0 heterocycles. The number of hydrogen-bond donors (Lipinski definition) is 0. The normalized spacial score (nSPS) is 20.8. The minimum atomic E-state index is 0.181. The Morgan fingerprint density at radius 1 is 1.69 bits per heavy atom. The average molecular weight is 198 g/mol. The molecule has 13 heavy (non-hydrogen) atoms. The van der Waals surface area contributed by atoms with Crippen LogP contribution in [0.15, 0.2) is 12.7 Å². The van der Waals surface area contributed by atoms with Crippen molar-refractivity contribution in [3.05, 3.63) is 12.7 Å². The molecular formula is C11H18OS. The molecule has 1 aliphatic rings. The molecule has 1 atom stereocenters. The van der Waals surface area contributed by atoms with E-state index in [1.807, 2.05) is 11.8 Å². The zero-order valence-electron chi connectivity index (χ0n) is 8.51. The molecule has 1 nitrogen and oxygen atoms in total. The highest BCUT2D eigenvalue weighted by atomic mass is 32.2. The second kappa shape index (κ2) is 4.32. The Morgan fingerprint density at radius 3 is 2.69 bits per heavy atom. The van der Waals surface area contributed by atoms with Gasteiger partial charge in [0.2, 0.25) is 0 Å². The second-order valence-corrected chi connectivity index (χ2v) is 5.67. The van der Waals surface area contributed by atoms with Gasteiger partial charge in [0.25, 0.3) is 0 Å². The maximum Gasteiger partial charge on any atom is 0.156 e. The summed E-state index contributed by atoms with van der Waals surface area (Å²) in [5.41, 5.74) is 0. The first-order chi connectivity index (χ1) is 6.12. The van der Waals surface area contributed by atoms with Crippen molar-refractivity contribution in [3.8, 4) is 0 Å². The molecular weight excluding hydrogens is 180 g/mol. The van der Waals surface area contributed by atoms with Crippen LogP contribution in [0.5, 0.6) is 0 Å². The summed E-state index contributed by atoms with van der Waals surface area (Å²) < 4.78 is 0.181. The van der Waals surface area contributed by atoms with Crippen LogP contribution in [0.4, 0.5) is 0 Å². The number of hydrogen-bond acceptors (Lipinski definition) is 2. The van der Waals surface area contributed by atoms with E-state index in [1.54, 1.807) is 0 Å². The minimum absolute atomic E-state index is 0.181. The SMILES string of the molecule is C=CC(=O)CC(C)(SCC)C1CC1. The van der Waals surface area contributed by atoms with E-state index >= 15 is 0 Å². The quantitative estimate of drug-likeness (QED) is 0.610. The maximum absolute atomic E-state index is 11.3. The highest BCUT2D eigenvalue weighted by molar-refractivity contribution is 8.00. The summed E-state index contributed by atoms with van der Waals surface area (Å²) in [6.45, 7) is 7.90. The number of carbonyl (C=O) groups excluding carboxylic acids is 1. The van der Waals surface area contributed by atoms with E-state index in [2.05, 4.69) is 20.4 Å². The van der Waals surface area contributed by atoms with Gasteiger partial charge in [0.05, 0.1) is 0 Å². The van der Waals surface area contributed by atoms with Gasteiger partial charge in [-0.05, 0) is 37.5 Å². The van der Waals surface area contributed by atoms with Crippen molar-refractivity contribution in [2.45, 2.75) is 37.9 Å². The van der Waals surface area contributed by atoms with Crippen molar-refractivity contribution in [1.29, 1.82) is 0 Å². The van der Waals surface area contributed by atoms with Crippen molar-refractivity contribution >= 4 is 17.5 Å². The van der Waals surface area contributed by atoms with Gasteiger partial charge in [-0.2, -0.15) is 11.8 Å². The van der Waals surface area contributed by atoms with Crippen molar-refractivity contribution in [2.75, 3.05) is 5.75 Å². The van der Waals surface area contributed by atoms with Crippen LogP contribution in [0.3, 0.4) is 0 Å². The molecule has 0 aliphatic heterocycles. The maximum atomic E-state index is 11.3. The molecule has 1 aliphatic carbocycles. The van der Waals surface area contributed by atoms with Gasteiger partial charge < -0.3 is 0 Å². The molecule has 1 rings (SSSR count). The summed E-state index contributed by atoms with van der Waals surface area (Å²) in [4.78, 5) is 11.3. The summed E-state index contributed by atoms with van der Waals surface area (Å²) in [7, 11) is 0. The fourth-order valence-electron chi connectivity index (χ4n) is 1.76. The number of thioether (sulfide) groups is 1. The van der Waals surface area contributed by atoms with Crippen LogP contribution < -0.4 is 0 Å². The topological polar surface area (TPSA) is 17.1 Å². The summed E-state index contributed by atoms with van der Waals surface area (Å²) in [5.74, 6) is 2.05. The minimum Gasteiger partial charge on any atom is -0.295 e. The van der Waals surface area contributed by atoms with Crippen LogP contribution in [-0.2, 0) is 4.79 Å². The Balaban J connectivity index is 2.54. The van der Waals surface area contributed by atoms with Gasteiger partial charge in [-0.15, -0.1) is 0 Å². The average Bonchev–Trinajstić information content (AvgIpc) is 2.86. The van der Waals surface area contributed by atoms with E-state index in [0.29, 0.717) is 6.42 Å². The molecule has 2 heteroatoms. The Labute approximate surface area is 85.0 Å². The van der Waals surface area contributed by atoms with E-state index in [0.717, 1.165) is 11.7 Å². The number of carbonyl (C=O) groups is 1. The molecule has 0 radical (unpaired) electrons. The lowest BCUT2D eigenvalue weighted by molar-refractivity contribution is -0.115. The molecule has 0 aromatic carbocycles. The highest BCUT2D eigenvalue weighted by Crippen LogP contribution is 2.49. The fourth-order valence-corrected chi connectivity index (χ4v) is 3.13. The van der Waals surface area contributed by atoms with Crippen LogP contribution in [0.1, 0.15) is 33.1 Å². The van der Waals surface area contributed by atoms with Gasteiger partial charge in [0, 0.05) is 11.2 Å². The fraction of sp³-hybridized carbons (Fsp3) is 0.727. The summed E-state index contributed by atoms with van der Waals surface area (Å²) >= 11 is 1.92. The molecule has 0 saturated heterocycles. The van der Waals surface area contributed by atoms with E-state index in [-0.39, 0.29) is 10.5 Å². The van der Waals surface area contributed by atoms with Gasteiger partial charge in [0.15, 0.2) is 5.78 Å². The van der Waals surface area contributed by atoms with Gasteiger partial charge in [-0.25, -0.2) is 0 Å². The molecule has 0 amide bonds. The van der Waals surface area contributed by atoms with Crippen molar-refractivity contribution in [2.24, 2.45) is 5.92 Å². The smallest absolute Gasteiger partial charge is 0.156 e. The lowest BCUT2D eigenvalue weighted by Gasteiger charge is -2.27. The highest BCUT2D eigenvalue weighted by Gasteiger charge is 2.42. The first kappa shape index (κ1) is 10.8. The van der Waals surface area contributed by atoms with Crippen LogP contribution >= 0.6 is 11.8 Å². The number of rotatable bonds is 6. The molecule has 1 unspecified atom stereocenters. The van der Waals surface area contributed by atoms with Crippen molar-refractivity contribution in [1.82, 2.24) is 0 Å². The molecule has 1 saturated carbocycles. The standard InChI is InChI=1S/C11H18OS/c1-4-10(12)8-11(3,13-5-2)9-6-7-9/h4,9H,1,5-8H2,2-3H3. The van der Waals surface area contributed by atoms with Gasteiger partial charge >= 0.3 is 0 Å².